The van der Waals surface area contributed by atoms with Crippen LogP contribution >= 0.6 is 0 Å². The third kappa shape index (κ3) is 4.57. The van der Waals surface area contributed by atoms with E-state index in [1.54, 1.807) is 0 Å². The molecule has 3 heteroatoms. The molecule has 1 aliphatic heterocycles. The van der Waals surface area contributed by atoms with Crippen LogP contribution in [-0.4, -0.2) is 50.3 Å². The summed E-state index contributed by atoms with van der Waals surface area (Å²) in [5.41, 5.74) is 0. The van der Waals surface area contributed by atoms with Gasteiger partial charge in [0.1, 0.15) is 0 Å². The summed E-state index contributed by atoms with van der Waals surface area (Å²) in [7, 11) is 0. The second kappa shape index (κ2) is 7.34. The zero-order valence-corrected chi connectivity index (χ0v) is 11.3. The van der Waals surface area contributed by atoms with Crippen molar-refractivity contribution in [3.05, 3.63) is 0 Å². The number of ether oxygens (including phenoxy) is 1. The molecule has 0 aromatic carbocycles. The lowest BCUT2D eigenvalue weighted by Crippen LogP contribution is -2.43. The molecule has 1 atom stereocenters. The zero-order valence-electron chi connectivity index (χ0n) is 11.3. The summed E-state index contributed by atoms with van der Waals surface area (Å²) in [5.74, 6) is 0.924. The third-order valence-electron chi connectivity index (χ3n) is 4.35. The molecule has 100 valence electrons. The average molecular weight is 240 g/mol. The topological polar surface area (TPSA) is 24.5 Å². The van der Waals surface area contributed by atoms with Crippen molar-refractivity contribution < 1.29 is 4.74 Å². The number of hydrogen-bond acceptors (Lipinski definition) is 3. The maximum Gasteiger partial charge on any atom is 0.0594 e. The number of rotatable bonds is 5. The van der Waals surface area contributed by atoms with Gasteiger partial charge in [-0.1, -0.05) is 19.3 Å². The fourth-order valence-electron chi connectivity index (χ4n) is 3.08. The van der Waals surface area contributed by atoms with E-state index in [0.29, 0.717) is 6.04 Å². The second-order valence-corrected chi connectivity index (χ2v) is 5.59. The molecule has 0 aromatic heterocycles. The second-order valence-electron chi connectivity index (χ2n) is 5.59. The molecule has 2 aliphatic rings. The summed E-state index contributed by atoms with van der Waals surface area (Å²) in [6.45, 7) is 8.74. The van der Waals surface area contributed by atoms with Gasteiger partial charge in [-0.25, -0.2) is 0 Å². The van der Waals surface area contributed by atoms with E-state index in [0.717, 1.165) is 38.8 Å². The van der Waals surface area contributed by atoms with Crippen molar-refractivity contribution in [2.45, 2.75) is 45.1 Å². The summed E-state index contributed by atoms with van der Waals surface area (Å²) >= 11 is 0. The highest BCUT2D eigenvalue weighted by Crippen LogP contribution is 2.26. The molecule has 0 bridgehead atoms. The van der Waals surface area contributed by atoms with Gasteiger partial charge in [0.2, 0.25) is 0 Å². The Bertz CT molecular complexity index is 198. The van der Waals surface area contributed by atoms with Gasteiger partial charge in [-0.2, -0.15) is 0 Å². The van der Waals surface area contributed by atoms with Crippen molar-refractivity contribution in [1.29, 1.82) is 0 Å². The SMILES string of the molecule is C[C@H](NCCN1CCOCC1)C1CCCCC1. The molecule has 3 nitrogen and oxygen atoms in total. The summed E-state index contributed by atoms with van der Waals surface area (Å²) < 4.78 is 5.36. The molecular weight excluding hydrogens is 212 g/mol. The van der Waals surface area contributed by atoms with E-state index >= 15 is 0 Å². The molecule has 0 aromatic rings. The van der Waals surface area contributed by atoms with Gasteiger partial charge in [0, 0.05) is 32.2 Å². The van der Waals surface area contributed by atoms with Gasteiger partial charge >= 0.3 is 0 Å². The van der Waals surface area contributed by atoms with E-state index in [2.05, 4.69) is 17.1 Å². The number of nitrogens with zero attached hydrogens (tertiary/aromatic N) is 1. The Morgan fingerprint density at radius 3 is 2.59 bits per heavy atom. The van der Waals surface area contributed by atoms with Gasteiger partial charge in [0.25, 0.3) is 0 Å². The van der Waals surface area contributed by atoms with E-state index in [4.69, 9.17) is 4.74 Å². The first kappa shape index (κ1) is 13.3. The lowest BCUT2D eigenvalue weighted by molar-refractivity contribution is 0.0378. The van der Waals surface area contributed by atoms with Gasteiger partial charge in [-0.15, -0.1) is 0 Å². The van der Waals surface area contributed by atoms with Crippen molar-refractivity contribution in [1.82, 2.24) is 10.2 Å². The zero-order chi connectivity index (χ0) is 11.9. The van der Waals surface area contributed by atoms with Crippen molar-refractivity contribution in [3.63, 3.8) is 0 Å². The molecule has 1 aliphatic carbocycles. The minimum absolute atomic E-state index is 0.705. The van der Waals surface area contributed by atoms with Crippen LogP contribution in [-0.2, 0) is 4.74 Å². The number of morpholine rings is 1. The first-order valence-corrected chi connectivity index (χ1v) is 7.40. The summed E-state index contributed by atoms with van der Waals surface area (Å²) in [6.07, 6.45) is 7.22. The maximum atomic E-state index is 5.36. The normalized spacial score (nSPS) is 25.9. The fourth-order valence-corrected chi connectivity index (χ4v) is 3.08. The molecule has 1 heterocycles. The highest BCUT2D eigenvalue weighted by atomic mass is 16.5. The van der Waals surface area contributed by atoms with Crippen molar-refractivity contribution in [2.24, 2.45) is 5.92 Å². The minimum atomic E-state index is 0.705. The molecule has 2 fully saturated rings. The molecular formula is C14H28N2O. The predicted octanol–water partition coefficient (Wildman–Crippen LogP) is 1.88. The van der Waals surface area contributed by atoms with E-state index in [-0.39, 0.29) is 0 Å². The van der Waals surface area contributed by atoms with Crippen LogP contribution in [0.25, 0.3) is 0 Å². The van der Waals surface area contributed by atoms with Gasteiger partial charge in [0.05, 0.1) is 13.2 Å². The lowest BCUT2D eigenvalue weighted by Gasteiger charge is -2.30. The first-order valence-electron chi connectivity index (χ1n) is 7.40. The first-order chi connectivity index (χ1) is 8.36. The highest BCUT2D eigenvalue weighted by molar-refractivity contribution is 4.76. The molecule has 0 radical (unpaired) electrons. The Balaban J connectivity index is 1.57. The van der Waals surface area contributed by atoms with Crippen molar-refractivity contribution in [2.75, 3.05) is 39.4 Å². The molecule has 1 saturated heterocycles. The predicted molar refractivity (Wildman–Crippen MR) is 71.3 cm³/mol. The van der Waals surface area contributed by atoms with Gasteiger partial charge in [0.15, 0.2) is 0 Å². The van der Waals surface area contributed by atoms with Crippen LogP contribution in [0.1, 0.15) is 39.0 Å². The van der Waals surface area contributed by atoms with Gasteiger partial charge in [-0.3, -0.25) is 4.90 Å². The van der Waals surface area contributed by atoms with E-state index in [1.165, 1.54) is 38.6 Å². The largest absolute Gasteiger partial charge is 0.379 e. The Kier molecular flexibility index (Phi) is 5.75. The quantitative estimate of drug-likeness (QED) is 0.794. The van der Waals surface area contributed by atoms with E-state index in [1.807, 2.05) is 0 Å². The van der Waals surface area contributed by atoms with Crippen molar-refractivity contribution >= 4 is 0 Å². The molecule has 0 amide bonds. The molecule has 2 rings (SSSR count). The van der Waals surface area contributed by atoms with Crippen LogP contribution in [0.4, 0.5) is 0 Å². The number of nitrogens with one attached hydrogen (secondary N) is 1. The monoisotopic (exact) mass is 240 g/mol. The Labute approximate surface area is 106 Å². The maximum absolute atomic E-state index is 5.36. The standard InChI is InChI=1S/C14H28N2O/c1-13(14-5-3-2-4-6-14)15-7-8-16-9-11-17-12-10-16/h13-15H,2-12H2,1H3/t13-/m0/s1. The molecule has 0 spiro atoms. The Morgan fingerprint density at radius 1 is 1.18 bits per heavy atom. The Hall–Kier alpha value is -0.120. The molecule has 17 heavy (non-hydrogen) atoms. The van der Waals surface area contributed by atoms with Crippen LogP contribution in [0.2, 0.25) is 0 Å². The summed E-state index contributed by atoms with van der Waals surface area (Å²) in [5, 5.41) is 3.72. The number of hydrogen-bond donors (Lipinski definition) is 1. The van der Waals surface area contributed by atoms with E-state index in [9.17, 15) is 0 Å². The average Bonchev–Trinajstić information content (AvgIpc) is 2.41. The van der Waals surface area contributed by atoms with Gasteiger partial charge < -0.3 is 10.1 Å². The van der Waals surface area contributed by atoms with Crippen LogP contribution in [0, 0.1) is 5.92 Å². The fraction of sp³-hybridized carbons (Fsp3) is 1.00. The molecule has 1 saturated carbocycles. The van der Waals surface area contributed by atoms with Crippen LogP contribution in [0.3, 0.4) is 0 Å². The van der Waals surface area contributed by atoms with Crippen LogP contribution in [0.15, 0.2) is 0 Å². The highest BCUT2D eigenvalue weighted by Gasteiger charge is 2.19. The lowest BCUT2D eigenvalue weighted by atomic mass is 9.84. The van der Waals surface area contributed by atoms with E-state index < -0.39 is 0 Å². The minimum Gasteiger partial charge on any atom is -0.379 e. The van der Waals surface area contributed by atoms with Crippen LogP contribution in [0.5, 0.6) is 0 Å². The third-order valence-corrected chi connectivity index (χ3v) is 4.35. The Morgan fingerprint density at radius 2 is 1.88 bits per heavy atom. The van der Waals surface area contributed by atoms with Crippen LogP contribution < -0.4 is 5.32 Å². The summed E-state index contributed by atoms with van der Waals surface area (Å²) in [4.78, 5) is 2.50. The van der Waals surface area contributed by atoms with Crippen molar-refractivity contribution in [3.8, 4) is 0 Å². The van der Waals surface area contributed by atoms with Gasteiger partial charge in [-0.05, 0) is 25.7 Å². The molecule has 1 N–H and O–H groups in total. The molecule has 0 unspecified atom stereocenters. The summed E-state index contributed by atoms with van der Waals surface area (Å²) in [6, 6.07) is 0.705. The smallest absolute Gasteiger partial charge is 0.0594 e.